The van der Waals surface area contributed by atoms with Gasteiger partial charge in [0, 0.05) is 12.5 Å². The van der Waals surface area contributed by atoms with E-state index in [2.05, 4.69) is 0 Å². The SMILES string of the molecule is NC(=O)CC(N)c1cc(Cl)c2c(c1)OCO2. The molecule has 1 heterocycles. The second-order valence-electron chi connectivity index (χ2n) is 3.51. The van der Waals surface area contributed by atoms with E-state index >= 15 is 0 Å². The lowest BCUT2D eigenvalue weighted by Gasteiger charge is -2.11. The van der Waals surface area contributed by atoms with Crippen molar-refractivity contribution in [2.45, 2.75) is 12.5 Å². The predicted octanol–water partition coefficient (Wildman–Crippen LogP) is 0.944. The zero-order chi connectivity index (χ0) is 11.7. The summed E-state index contributed by atoms with van der Waals surface area (Å²) in [5, 5.41) is 0.421. The third-order valence-corrected chi connectivity index (χ3v) is 2.58. The van der Waals surface area contributed by atoms with Gasteiger partial charge in [0.2, 0.25) is 12.7 Å². The van der Waals surface area contributed by atoms with Gasteiger partial charge in [-0.2, -0.15) is 0 Å². The van der Waals surface area contributed by atoms with Gasteiger partial charge in [0.05, 0.1) is 5.02 Å². The lowest BCUT2D eigenvalue weighted by molar-refractivity contribution is -0.118. The van der Waals surface area contributed by atoms with Crippen LogP contribution in [0.25, 0.3) is 0 Å². The van der Waals surface area contributed by atoms with Crippen molar-refractivity contribution in [1.82, 2.24) is 0 Å². The molecule has 0 spiro atoms. The molecule has 16 heavy (non-hydrogen) atoms. The van der Waals surface area contributed by atoms with Gasteiger partial charge in [-0.05, 0) is 17.7 Å². The molecular formula is C10H11ClN2O3. The van der Waals surface area contributed by atoms with E-state index in [9.17, 15) is 4.79 Å². The zero-order valence-electron chi connectivity index (χ0n) is 8.40. The van der Waals surface area contributed by atoms with Crippen molar-refractivity contribution in [2.24, 2.45) is 11.5 Å². The summed E-state index contributed by atoms with van der Waals surface area (Å²) >= 11 is 5.98. The molecule has 0 radical (unpaired) electrons. The molecule has 1 atom stereocenters. The topological polar surface area (TPSA) is 87.6 Å². The number of carbonyl (C=O) groups is 1. The minimum Gasteiger partial charge on any atom is -0.454 e. The molecule has 0 fully saturated rings. The van der Waals surface area contributed by atoms with Crippen LogP contribution in [0.2, 0.25) is 5.02 Å². The van der Waals surface area contributed by atoms with Crippen molar-refractivity contribution in [2.75, 3.05) is 6.79 Å². The van der Waals surface area contributed by atoms with Crippen LogP contribution >= 0.6 is 11.6 Å². The van der Waals surface area contributed by atoms with Crippen LogP contribution in [0.3, 0.4) is 0 Å². The molecule has 0 aromatic heterocycles. The number of amides is 1. The summed E-state index contributed by atoms with van der Waals surface area (Å²) in [4.78, 5) is 10.8. The van der Waals surface area contributed by atoms with Gasteiger partial charge in [-0.3, -0.25) is 4.79 Å². The maximum atomic E-state index is 10.8. The lowest BCUT2D eigenvalue weighted by Crippen LogP contribution is -2.20. The van der Waals surface area contributed by atoms with Crippen LogP contribution in [0.15, 0.2) is 12.1 Å². The van der Waals surface area contributed by atoms with E-state index in [0.29, 0.717) is 22.1 Å². The number of primary amides is 1. The van der Waals surface area contributed by atoms with Gasteiger partial charge in [-0.1, -0.05) is 11.6 Å². The van der Waals surface area contributed by atoms with E-state index in [1.807, 2.05) is 0 Å². The number of hydrogen-bond acceptors (Lipinski definition) is 4. The van der Waals surface area contributed by atoms with Crippen LogP contribution in [0.1, 0.15) is 18.0 Å². The summed E-state index contributed by atoms with van der Waals surface area (Å²) in [6.45, 7) is 0.142. The Hall–Kier alpha value is -1.46. The third-order valence-electron chi connectivity index (χ3n) is 2.30. The van der Waals surface area contributed by atoms with Crippen molar-refractivity contribution in [3.8, 4) is 11.5 Å². The number of hydrogen-bond donors (Lipinski definition) is 2. The fourth-order valence-electron chi connectivity index (χ4n) is 1.54. The maximum absolute atomic E-state index is 10.8. The maximum Gasteiger partial charge on any atom is 0.231 e. The fourth-order valence-corrected chi connectivity index (χ4v) is 1.81. The van der Waals surface area contributed by atoms with Crippen molar-refractivity contribution >= 4 is 17.5 Å². The van der Waals surface area contributed by atoms with Crippen molar-refractivity contribution in [3.63, 3.8) is 0 Å². The van der Waals surface area contributed by atoms with E-state index in [-0.39, 0.29) is 13.2 Å². The highest BCUT2D eigenvalue weighted by Crippen LogP contribution is 2.41. The van der Waals surface area contributed by atoms with Crippen molar-refractivity contribution in [3.05, 3.63) is 22.7 Å². The van der Waals surface area contributed by atoms with Gasteiger partial charge < -0.3 is 20.9 Å². The number of fused-ring (bicyclic) bond motifs is 1. The fraction of sp³-hybridized carbons (Fsp3) is 0.300. The van der Waals surface area contributed by atoms with Gasteiger partial charge >= 0.3 is 0 Å². The molecule has 5 nitrogen and oxygen atoms in total. The van der Waals surface area contributed by atoms with Gasteiger partial charge in [-0.25, -0.2) is 0 Å². The van der Waals surface area contributed by atoms with Crippen LogP contribution < -0.4 is 20.9 Å². The Morgan fingerprint density at radius 1 is 1.50 bits per heavy atom. The first-order chi connectivity index (χ1) is 7.58. The van der Waals surface area contributed by atoms with E-state index < -0.39 is 11.9 Å². The number of carbonyl (C=O) groups excluding carboxylic acids is 1. The van der Waals surface area contributed by atoms with Gasteiger partial charge in [-0.15, -0.1) is 0 Å². The number of halogens is 1. The monoisotopic (exact) mass is 242 g/mol. The second-order valence-corrected chi connectivity index (χ2v) is 3.92. The average Bonchev–Trinajstić information content (AvgIpc) is 2.64. The van der Waals surface area contributed by atoms with Gasteiger partial charge in [0.15, 0.2) is 11.5 Å². The van der Waals surface area contributed by atoms with Crippen LogP contribution in [0.4, 0.5) is 0 Å². The molecule has 1 aromatic rings. The molecule has 2 rings (SSSR count). The van der Waals surface area contributed by atoms with Crippen LogP contribution in [-0.4, -0.2) is 12.7 Å². The average molecular weight is 243 g/mol. The second kappa shape index (κ2) is 4.19. The molecule has 0 aliphatic carbocycles. The molecule has 1 aliphatic rings. The number of ether oxygens (including phenoxy) is 2. The standard InChI is InChI=1S/C10H11ClN2O3/c11-6-1-5(7(12)3-9(13)14)2-8-10(6)16-4-15-8/h1-2,7H,3-4,12H2,(H2,13,14). The number of benzene rings is 1. The largest absolute Gasteiger partial charge is 0.454 e. The Balaban J connectivity index is 2.29. The minimum atomic E-state index is -0.482. The molecule has 4 N–H and O–H groups in total. The summed E-state index contributed by atoms with van der Waals surface area (Å²) in [7, 11) is 0. The molecule has 1 unspecified atom stereocenters. The highest BCUT2D eigenvalue weighted by molar-refractivity contribution is 6.32. The summed E-state index contributed by atoms with van der Waals surface area (Å²) < 4.78 is 10.4. The Morgan fingerprint density at radius 3 is 2.94 bits per heavy atom. The summed E-state index contributed by atoms with van der Waals surface area (Å²) in [6, 6.07) is 2.88. The van der Waals surface area contributed by atoms with Crippen LogP contribution in [0.5, 0.6) is 11.5 Å². The minimum absolute atomic E-state index is 0.0654. The first kappa shape index (κ1) is 11.0. The first-order valence-electron chi connectivity index (χ1n) is 4.71. The summed E-state index contributed by atoms with van der Waals surface area (Å²) in [6.07, 6.45) is 0.0654. The number of nitrogens with two attached hydrogens (primary N) is 2. The van der Waals surface area contributed by atoms with Crippen molar-refractivity contribution < 1.29 is 14.3 Å². The Morgan fingerprint density at radius 2 is 2.25 bits per heavy atom. The quantitative estimate of drug-likeness (QED) is 0.826. The van der Waals surface area contributed by atoms with E-state index in [0.717, 1.165) is 0 Å². The smallest absolute Gasteiger partial charge is 0.231 e. The highest BCUT2D eigenvalue weighted by atomic mass is 35.5. The summed E-state index contributed by atoms with van der Waals surface area (Å²) in [5.41, 5.74) is 11.6. The number of rotatable bonds is 3. The Labute approximate surface area is 97.3 Å². The molecule has 0 saturated carbocycles. The van der Waals surface area contributed by atoms with Gasteiger partial charge in [0.1, 0.15) is 0 Å². The highest BCUT2D eigenvalue weighted by Gasteiger charge is 2.20. The molecule has 0 saturated heterocycles. The van der Waals surface area contributed by atoms with E-state index in [1.165, 1.54) is 0 Å². The van der Waals surface area contributed by atoms with Crippen molar-refractivity contribution in [1.29, 1.82) is 0 Å². The molecule has 1 aromatic carbocycles. The Kier molecular flexibility index (Phi) is 2.89. The van der Waals surface area contributed by atoms with Gasteiger partial charge in [0.25, 0.3) is 0 Å². The summed E-state index contributed by atoms with van der Waals surface area (Å²) in [5.74, 6) is 0.598. The molecule has 86 valence electrons. The predicted molar refractivity (Wildman–Crippen MR) is 58.3 cm³/mol. The molecule has 0 bridgehead atoms. The third kappa shape index (κ3) is 2.05. The molecule has 1 amide bonds. The van der Waals surface area contributed by atoms with Crippen LogP contribution in [-0.2, 0) is 4.79 Å². The first-order valence-corrected chi connectivity index (χ1v) is 5.08. The Bertz CT molecular complexity index is 436. The van der Waals surface area contributed by atoms with E-state index in [4.69, 9.17) is 32.5 Å². The molecule has 6 heteroatoms. The van der Waals surface area contributed by atoms with E-state index in [1.54, 1.807) is 12.1 Å². The normalized spacial score (nSPS) is 14.9. The lowest BCUT2D eigenvalue weighted by atomic mass is 10.0. The zero-order valence-corrected chi connectivity index (χ0v) is 9.16. The molecular weight excluding hydrogens is 232 g/mol. The van der Waals surface area contributed by atoms with Crippen LogP contribution in [0, 0.1) is 0 Å². The molecule has 1 aliphatic heterocycles.